The molecule has 0 saturated heterocycles. The van der Waals surface area contributed by atoms with Crippen molar-refractivity contribution in [2.45, 2.75) is 4.90 Å². The highest BCUT2D eigenvalue weighted by atomic mass is 35.5. The van der Waals surface area contributed by atoms with Crippen LogP contribution in [0.15, 0.2) is 17.0 Å². The van der Waals surface area contributed by atoms with Gasteiger partial charge in [-0.25, -0.2) is 0 Å². The van der Waals surface area contributed by atoms with E-state index < -0.39 is 36.4 Å². The smallest absolute Gasteiger partial charge is 0.299 e. The lowest BCUT2D eigenvalue weighted by atomic mass is 10.3. The SMILES string of the molecule is O=[N+]([O-])c1ccc(O)c(S(=O)(=O)O)c1Cl. The van der Waals surface area contributed by atoms with Crippen molar-refractivity contribution >= 4 is 27.4 Å². The fourth-order valence-corrected chi connectivity index (χ4v) is 2.11. The van der Waals surface area contributed by atoms with Crippen LogP contribution >= 0.6 is 11.6 Å². The molecule has 82 valence electrons. The van der Waals surface area contributed by atoms with Gasteiger partial charge in [0.1, 0.15) is 10.8 Å². The molecule has 0 radical (unpaired) electrons. The second-order valence-corrected chi connectivity index (χ2v) is 4.22. The quantitative estimate of drug-likeness (QED) is 0.464. The summed E-state index contributed by atoms with van der Waals surface area (Å²) < 4.78 is 30.1. The van der Waals surface area contributed by atoms with E-state index in [2.05, 4.69) is 0 Å². The van der Waals surface area contributed by atoms with Gasteiger partial charge in [0, 0.05) is 6.07 Å². The van der Waals surface area contributed by atoms with Gasteiger partial charge in [0.05, 0.1) is 4.92 Å². The lowest BCUT2D eigenvalue weighted by Gasteiger charge is -2.03. The van der Waals surface area contributed by atoms with Crippen molar-refractivity contribution in [3.63, 3.8) is 0 Å². The molecule has 7 nitrogen and oxygen atoms in total. The zero-order valence-corrected chi connectivity index (χ0v) is 8.49. The molecule has 0 aliphatic heterocycles. The third-order valence-electron chi connectivity index (χ3n) is 1.51. The summed E-state index contributed by atoms with van der Waals surface area (Å²) in [6.07, 6.45) is 0. The van der Waals surface area contributed by atoms with Crippen molar-refractivity contribution in [3.05, 3.63) is 27.3 Å². The number of halogens is 1. The highest BCUT2D eigenvalue weighted by molar-refractivity contribution is 7.86. The molecule has 9 heteroatoms. The Hall–Kier alpha value is -1.38. The van der Waals surface area contributed by atoms with Gasteiger partial charge in [-0.2, -0.15) is 8.42 Å². The second kappa shape index (κ2) is 3.65. The molecule has 0 fully saturated rings. The van der Waals surface area contributed by atoms with E-state index >= 15 is 0 Å². The van der Waals surface area contributed by atoms with Crippen LogP contribution in [0.3, 0.4) is 0 Å². The maximum Gasteiger partial charge on any atom is 0.299 e. The van der Waals surface area contributed by atoms with Crippen LogP contribution in [0.1, 0.15) is 0 Å². The molecule has 0 bridgehead atoms. The number of hydrogen-bond acceptors (Lipinski definition) is 5. The molecule has 0 aliphatic rings. The van der Waals surface area contributed by atoms with Crippen LogP contribution in [-0.2, 0) is 10.1 Å². The highest BCUT2D eigenvalue weighted by Gasteiger charge is 2.27. The van der Waals surface area contributed by atoms with Crippen LogP contribution < -0.4 is 0 Å². The zero-order valence-electron chi connectivity index (χ0n) is 6.92. The number of nitrogens with zero attached hydrogens (tertiary/aromatic N) is 1. The second-order valence-electron chi connectivity index (χ2n) is 2.48. The molecule has 1 aromatic carbocycles. The summed E-state index contributed by atoms with van der Waals surface area (Å²) in [7, 11) is -4.81. The third kappa shape index (κ3) is 2.17. The molecule has 0 atom stereocenters. The van der Waals surface area contributed by atoms with Crippen LogP contribution in [0.4, 0.5) is 5.69 Å². The van der Waals surface area contributed by atoms with Crippen molar-refractivity contribution in [2.75, 3.05) is 0 Å². The van der Waals surface area contributed by atoms with E-state index in [1.54, 1.807) is 0 Å². The Kier molecular flexibility index (Phi) is 2.84. The largest absolute Gasteiger partial charge is 0.506 e. The fraction of sp³-hybridized carbons (Fsp3) is 0. The third-order valence-corrected chi connectivity index (χ3v) is 2.93. The van der Waals surface area contributed by atoms with Gasteiger partial charge in [-0.05, 0) is 6.07 Å². The average Bonchev–Trinajstić information content (AvgIpc) is 2.00. The number of hydrogen-bond donors (Lipinski definition) is 2. The Morgan fingerprint density at radius 2 is 1.93 bits per heavy atom. The zero-order chi connectivity index (χ0) is 11.8. The van der Waals surface area contributed by atoms with Crippen molar-refractivity contribution in [3.8, 4) is 5.75 Å². The van der Waals surface area contributed by atoms with Gasteiger partial charge in [-0.15, -0.1) is 0 Å². The Bertz CT molecular complexity index is 525. The first kappa shape index (κ1) is 11.7. The molecule has 0 spiro atoms. The van der Waals surface area contributed by atoms with Crippen molar-refractivity contribution < 1.29 is 23.0 Å². The molecular weight excluding hydrogens is 250 g/mol. The van der Waals surface area contributed by atoms with E-state index in [4.69, 9.17) is 21.3 Å². The van der Waals surface area contributed by atoms with Crippen LogP contribution in [-0.4, -0.2) is 23.0 Å². The van der Waals surface area contributed by atoms with Gasteiger partial charge in [0.15, 0.2) is 4.90 Å². The van der Waals surface area contributed by atoms with Gasteiger partial charge in [0.2, 0.25) is 0 Å². The van der Waals surface area contributed by atoms with Crippen molar-refractivity contribution in [1.82, 2.24) is 0 Å². The predicted octanol–water partition coefficient (Wildman–Crippen LogP) is 1.20. The first-order valence-electron chi connectivity index (χ1n) is 3.38. The number of aromatic hydroxyl groups is 1. The molecule has 0 amide bonds. The van der Waals surface area contributed by atoms with Crippen LogP contribution in [0.25, 0.3) is 0 Å². The maximum atomic E-state index is 10.7. The average molecular weight is 254 g/mol. The first-order valence-corrected chi connectivity index (χ1v) is 5.20. The molecule has 1 rings (SSSR count). The Balaban J connectivity index is 3.66. The minimum Gasteiger partial charge on any atom is -0.506 e. The standard InChI is InChI=1S/C6H4ClNO6S/c7-5-3(8(10)11)1-2-4(9)6(5)15(12,13)14/h1-2,9H,(H,12,13,14). The molecule has 0 heterocycles. The van der Waals surface area contributed by atoms with Crippen molar-refractivity contribution in [2.24, 2.45) is 0 Å². The number of nitro benzene ring substituents is 1. The number of rotatable bonds is 2. The molecular formula is C6H4ClNO6S. The van der Waals surface area contributed by atoms with Crippen LogP contribution in [0.2, 0.25) is 5.02 Å². The topological polar surface area (TPSA) is 118 Å². The van der Waals surface area contributed by atoms with E-state index in [0.717, 1.165) is 12.1 Å². The minimum absolute atomic E-state index is 0.720. The van der Waals surface area contributed by atoms with Gasteiger partial charge in [-0.3, -0.25) is 14.7 Å². The molecule has 0 aromatic heterocycles. The normalized spacial score (nSPS) is 11.3. The van der Waals surface area contributed by atoms with Gasteiger partial charge < -0.3 is 5.11 Å². The number of phenols is 1. The Morgan fingerprint density at radius 1 is 1.40 bits per heavy atom. The van der Waals surface area contributed by atoms with Crippen LogP contribution in [0.5, 0.6) is 5.75 Å². The highest BCUT2D eigenvalue weighted by Crippen LogP contribution is 2.36. The van der Waals surface area contributed by atoms with E-state index in [0.29, 0.717) is 0 Å². The summed E-state index contributed by atoms with van der Waals surface area (Å²) >= 11 is 5.35. The van der Waals surface area contributed by atoms with E-state index in [9.17, 15) is 18.5 Å². The predicted molar refractivity (Wildman–Crippen MR) is 49.6 cm³/mol. The first-order chi connectivity index (χ1) is 6.75. The molecule has 1 aromatic rings. The van der Waals surface area contributed by atoms with Crippen molar-refractivity contribution in [1.29, 1.82) is 0 Å². The lowest BCUT2D eigenvalue weighted by molar-refractivity contribution is -0.384. The van der Waals surface area contributed by atoms with Crippen LogP contribution in [0, 0.1) is 10.1 Å². The van der Waals surface area contributed by atoms with Gasteiger partial charge >= 0.3 is 0 Å². The number of phenolic OH excluding ortho intramolecular Hbond substituents is 1. The fourth-order valence-electron chi connectivity index (χ4n) is 0.922. The molecule has 15 heavy (non-hydrogen) atoms. The Labute approximate surface area is 88.8 Å². The number of benzene rings is 1. The summed E-state index contributed by atoms with van der Waals surface area (Å²) in [4.78, 5) is 8.37. The summed E-state index contributed by atoms with van der Waals surface area (Å²) in [5.41, 5.74) is -0.720. The van der Waals surface area contributed by atoms with E-state index in [1.165, 1.54) is 0 Å². The summed E-state index contributed by atoms with van der Waals surface area (Å²) in [6.45, 7) is 0. The van der Waals surface area contributed by atoms with Gasteiger partial charge in [0.25, 0.3) is 15.8 Å². The number of nitro groups is 1. The van der Waals surface area contributed by atoms with Gasteiger partial charge in [-0.1, -0.05) is 11.6 Å². The summed E-state index contributed by atoms with van der Waals surface area (Å²) in [5.74, 6) is -0.854. The monoisotopic (exact) mass is 253 g/mol. The van der Waals surface area contributed by atoms with E-state index in [-0.39, 0.29) is 0 Å². The maximum absolute atomic E-state index is 10.7. The summed E-state index contributed by atoms with van der Waals surface area (Å²) in [6, 6.07) is 1.58. The lowest BCUT2D eigenvalue weighted by Crippen LogP contribution is -2.01. The molecule has 0 saturated carbocycles. The Morgan fingerprint density at radius 3 is 2.33 bits per heavy atom. The summed E-state index contributed by atoms with van der Waals surface area (Å²) in [5, 5.41) is 18.6. The van der Waals surface area contributed by atoms with E-state index in [1.807, 2.05) is 0 Å². The molecule has 0 aliphatic carbocycles. The minimum atomic E-state index is -4.81. The molecule has 2 N–H and O–H groups in total. The molecule has 0 unspecified atom stereocenters.